The van der Waals surface area contributed by atoms with Gasteiger partial charge < -0.3 is 0 Å². The molecule has 0 saturated carbocycles. The van der Waals surface area contributed by atoms with Gasteiger partial charge in [-0.05, 0) is 20.8 Å². The zero-order valence-electron chi connectivity index (χ0n) is 6.76. The third-order valence-corrected chi connectivity index (χ3v) is 1.64. The zero-order valence-corrected chi connectivity index (χ0v) is 7.66. The molecule has 0 spiro atoms. The standard InChI is InChI=1S/C4H10O2S.C2H6/c1-4(2,3)7(5)6;1-2/h7H,1-3H3;1-2H3. The van der Waals surface area contributed by atoms with Crippen LogP contribution in [0.15, 0.2) is 0 Å². The van der Waals surface area contributed by atoms with E-state index in [0.29, 0.717) is 0 Å². The lowest BCUT2D eigenvalue weighted by atomic mass is 10.3. The largest absolute Gasteiger partial charge is 0.231 e. The van der Waals surface area contributed by atoms with Gasteiger partial charge in [0.05, 0.1) is 4.75 Å². The van der Waals surface area contributed by atoms with E-state index < -0.39 is 15.5 Å². The molecular weight excluding hydrogens is 136 g/mol. The predicted octanol–water partition coefficient (Wildman–Crippen LogP) is 1.42. The number of hydrogen-bond acceptors (Lipinski definition) is 2. The Morgan fingerprint density at radius 2 is 1.11 bits per heavy atom. The Morgan fingerprint density at radius 3 is 1.11 bits per heavy atom. The molecule has 0 saturated heterocycles. The summed E-state index contributed by atoms with van der Waals surface area (Å²) in [5.41, 5.74) is 0. The van der Waals surface area contributed by atoms with E-state index in [2.05, 4.69) is 0 Å². The Labute approximate surface area is 59.2 Å². The van der Waals surface area contributed by atoms with E-state index in [1.807, 2.05) is 13.8 Å². The van der Waals surface area contributed by atoms with Crippen molar-refractivity contribution in [2.75, 3.05) is 0 Å². The highest BCUT2D eigenvalue weighted by Gasteiger charge is 2.11. The lowest BCUT2D eigenvalue weighted by Crippen LogP contribution is -2.14. The highest BCUT2D eigenvalue weighted by atomic mass is 32.2. The van der Waals surface area contributed by atoms with Gasteiger partial charge in [-0.25, -0.2) is 8.42 Å². The topological polar surface area (TPSA) is 34.1 Å². The van der Waals surface area contributed by atoms with E-state index in [4.69, 9.17) is 0 Å². The summed E-state index contributed by atoms with van der Waals surface area (Å²) in [6.45, 7) is 9.00. The first-order chi connectivity index (χ1) is 3.94. The van der Waals surface area contributed by atoms with E-state index in [1.54, 1.807) is 20.8 Å². The summed E-state index contributed by atoms with van der Waals surface area (Å²) in [4.78, 5) is 0. The first-order valence-corrected chi connectivity index (χ1v) is 4.27. The van der Waals surface area contributed by atoms with Gasteiger partial charge in [0, 0.05) is 0 Å². The van der Waals surface area contributed by atoms with Crippen molar-refractivity contribution in [3.63, 3.8) is 0 Å². The Morgan fingerprint density at radius 1 is 1.00 bits per heavy atom. The molecule has 0 aliphatic rings. The summed E-state index contributed by atoms with van der Waals surface area (Å²) in [5, 5.41) is 0. The molecule has 2 nitrogen and oxygen atoms in total. The molecule has 0 amide bonds. The minimum Gasteiger partial charge on any atom is -0.231 e. The van der Waals surface area contributed by atoms with Crippen LogP contribution < -0.4 is 0 Å². The second-order valence-electron chi connectivity index (χ2n) is 2.43. The average molecular weight is 152 g/mol. The van der Waals surface area contributed by atoms with Gasteiger partial charge >= 0.3 is 0 Å². The van der Waals surface area contributed by atoms with Crippen LogP contribution in [-0.4, -0.2) is 13.2 Å². The van der Waals surface area contributed by atoms with Crippen LogP contribution in [0.5, 0.6) is 0 Å². The quantitative estimate of drug-likeness (QED) is 0.533. The van der Waals surface area contributed by atoms with E-state index in [0.717, 1.165) is 0 Å². The van der Waals surface area contributed by atoms with Crippen LogP contribution in [0, 0.1) is 0 Å². The Balaban J connectivity index is 0. The summed E-state index contributed by atoms with van der Waals surface area (Å²) >= 11 is 0. The summed E-state index contributed by atoms with van der Waals surface area (Å²) < 4.78 is 19.6. The Kier molecular flexibility index (Phi) is 6.24. The fourth-order valence-electron chi connectivity index (χ4n) is 0. The average Bonchev–Trinajstić information content (AvgIpc) is 1.69. The molecular formula is C6H16O2S. The number of hydrogen-bond donors (Lipinski definition) is 1. The van der Waals surface area contributed by atoms with Gasteiger partial charge in [-0.15, -0.1) is 0 Å². The molecule has 58 valence electrons. The molecule has 0 heterocycles. The maximum absolute atomic E-state index is 10.1. The highest BCUT2D eigenvalue weighted by Crippen LogP contribution is 2.02. The molecule has 0 atom stereocenters. The van der Waals surface area contributed by atoms with Crippen molar-refractivity contribution in [1.29, 1.82) is 0 Å². The van der Waals surface area contributed by atoms with Crippen molar-refractivity contribution >= 4 is 10.7 Å². The lowest BCUT2D eigenvalue weighted by Gasteiger charge is -2.05. The monoisotopic (exact) mass is 152 g/mol. The Hall–Kier alpha value is -0.0500. The van der Waals surface area contributed by atoms with E-state index >= 15 is 0 Å². The third kappa shape index (κ3) is 7.95. The molecule has 0 rings (SSSR count). The van der Waals surface area contributed by atoms with Crippen LogP contribution >= 0.6 is 0 Å². The van der Waals surface area contributed by atoms with E-state index in [-0.39, 0.29) is 0 Å². The van der Waals surface area contributed by atoms with Crippen molar-refractivity contribution in [3.8, 4) is 0 Å². The fraction of sp³-hybridized carbons (Fsp3) is 1.00. The minimum atomic E-state index is -2.24. The molecule has 0 aromatic carbocycles. The van der Waals surface area contributed by atoms with Gasteiger partial charge in [0.2, 0.25) is 0 Å². The summed E-state index contributed by atoms with van der Waals surface area (Å²) in [5.74, 6) is 0. The number of rotatable bonds is 0. The normalized spacial score (nSPS) is 10.4. The van der Waals surface area contributed by atoms with Gasteiger partial charge in [-0.2, -0.15) is 0 Å². The molecule has 0 N–H and O–H groups in total. The summed E-state index contributed by atoms with van der Waals surface area (Å²) in [7, 11) is -2.24. The van der Waals surface area contributed by atoms with Crippen molar-refractivity contribution in [1.82, 2.24) is 0 Å². The first kappa shape index (κ1) is 11.7. The molecule has 0 aliphatic heterocycles. The van der Waals surface area contributed by atoms with Crippen molar-refractivity contribution in [2.24, 2.45) is 0 Å². The molecule has 0 aromatic rings. The van der Waals surface area contributed by atoms with Crippen molar-refractivity contribution in [3.05, 3.63) is 0 Å². The van der Waals surface area contributed by atoms with Crippen LogP contribution in [0.2, 0.25) is 0 Å². The molecule has 0 radical (unpaired) electrons. The van der Waals surface area contributed by atoms with Crippen LogP contribution in [0.3, 0.4) is 0 Å². The number of thiol groups is 1. The van der Waals surface area contributed by atoms with Crippen LogP contribution in [0.4, 0.5) is 0 Å². The van der Waals surface area contributed by atoms with E-state index in [1.165, 1.54) is 0 Å². The molecule has 3 heteroatoms. The van der Waals surface area contributed by atoms with Gasteiger partial charge in [0.1, 0.15) is 10.7 Å². The van der Waals surface area contributed by atoms with Crippen molar-refractivity contribution in [2.45, 2.75) is 39.4 Å². The summed E-state index contributed by atoms with van der Waals surface area (Å²) in [6.07, 6.45) is 0. The smallest absolute Gasteiger partial charge is 0.145 e. The highest BCUT2D eigenvalue weighted by molar-refractivity contribution is 7.73. The second kappa shape index (κ2) is 4.79. The van der Waals surface area contributed by atoms with E-state index in [9.17, 15) is 8.42 Å². The summed E-state index contributed by atoms with van der Waals surface area (Å²) in [6, 6.07) is 0. The van der Waals surface area contributed by atoms with Crippen molar-refractivity contribution < 1.29 is 8.42 Å². The van der Waals surface area contributed by atoms with Gasteiger partial charge in [0.15, 0.2) is 0 Å². The maximum atomic E-state index is 10.1. The molecule has 0 aromatic heterocycles. The minimum absolute atomic E-state index is 0.546. The molecule has 0 bridgehead atoms. The van der Waals surface area contributed by atoms with Crippen LogP contribution in [0.1, 0.15) is 34.6 Å². The van der Waals surface area contributed by atoms with Gasteiger partial charge in [-0.3, -0.25) is 0 Å². The molecule has 0 aliphatic carbocycles. The fourth-order valence-corrected chi connectivity index (χ4v) is 0. The first-order valence-electron chi connectivity index (χ1n) is 3.09. The van der Waals surface area contributed by atoms with Gasteiger partial charge in [-0.1, -0.05) is 13.8 Å². The lowest BCUT2D eigenvalue weighted by molar-refractivity contribution is 0.582. The SMILES string of the molecule is CC.CC(C)(C)[SH](=O)=O. The molecule has 0 unspecified atom stereocenters. The Bertz CT molecular complexity index is 112. The zero-order chi connectivity index (χ0) is 8.08. The van der Waals surface area contributed by atoms with Gasteiger partial charge in [0.25, 0.3) is 0 Å². The van der Waals surface area contributed by atoms with Crippen LogP contribution in [-0.2, 0) is 10.7 Å². The third-order valence-electron chi connectivity index (χ3n) is 0.548. The molecule has 9 heavy (non-hydrogen) atoms. The maximum Gasteiger partial charge on any atom is 0.145 e. The van der Waals surface area contributed by atoms with Crippen LogP contribution in [0.25, 0.3) is 0 Å². The second-order valence-corrected chi connectivity index (χ2v) is 4.28. The predicted molar refractivity (Wildman–Crippen MR) is 41.4 cm³/mol. The molecule has 0 fully saturated rings.